The van der Waals surface area contributed by atoms with Crippen molar-refractivity contribution in [2.45, 2.75) is 29.3 Å². The molecule has 0 aliphatic heterocycles. The average molecular weight is 438 g/mol. The van der Waals surface area contributed by atoms with Gasteiger partial charge in [0, 0.05) is 23.0 Å². The van der Waals surface area contributed by atoms with Crippen LogP contribution in [0.4, 0.5) is 26.3 Å². The molecular weight excluding hydrogens is 430 g/mol. The minimum absolute atomic E-state index is 0.162. The molecule has 2 atom stereocenters. The predicted molar refractivity (Wildman–Crippen MR) is 76.9 cm³/mol. The molecule has 2 aliphatic rings. The van der Waals surface area contributed by atoms with E-state index in [9.17, 15) is 43.2 Å². The highest BCUT2D eigenvalue weighted by atomic mass is 32.2. The van der Waals surface area contributed by atoms with Gasteiger partial charge in [-0.2, -0.15) is 43.2 Å². The summed E-state index contributed by atoms with van der Waals surface area (Å²) in [4.78, 5) is 0. The summed E-state index contributed by atoms with van der Waals surface area (Å²) in [6, 6.07) is 1.25. The Morgan fingerprint density at radius 2 is 1.07 bits per heavy atom. The highest BCUT2D eigenvalue weighted by Gasteiger charge is 2.51. The molecule has 0 N–H and O–H groups in total. The largest absolute Gasteiger partial charge is 0.534 e. The number of fused-ring (bicyclic) bond motifs is 5. The molecule has 3 rings (SSSR count). The summed E-state index contributed by atoms with van der Waals surface area (Å²) in [5.41, 5.74) is -11.8. The fourth-order valence-electron chi connectivity index (χ4n) is 2.96. The van der Waals surface area contributed by atoms with Crippen molar-refractivity contribution >= 4 is 20.2 Å². The van der Waals surface area contributed by atoms with Crippen molar-refractivity contribution in [1.29, 1.82) is 0 Å². The molecule has 1 aromatic carbocycles. The second kappa shape index (κ2) is 5.77. The molecule has 14 heteroatoms. The van der Waals surface area contributed by atoms with E-state index < -0.39 is 54.6 Å². The molecule has 0 aromatic heterocycles. The molecule has 0 radical (unpaired) electrons. The van der Waals surface area contributed by atoms with Crippen molar-refractivity contribution in [3.63, 3.8) is 0 Å². The molecule has 2 bridgehead atoms. The third-order valence-corrected chi connectivity index (χ3v) is 5.93. The number of hydrogen-bond acceptors (Lipinski definition) is 6. The van der Waals surface area contributed by atoms with Gasteiger partial charge in [0.15, 0.2) is 0 Å². The van der Waals surface area contributed by atoms with E-state index >= 15 is 0 Å². The molecule has 0 saturated heterocycles. The van der Waals surface area contributed by atoms with E-state index in [1.807, 2.05) is 0 Å². The van der Waals surface area contributed by atoms with E-state index in [2.05, 4.69) is 8.37 Å². The molecule has 0 heterocycles. The zero-order chi connectivity index (χ0) is 20.4. The Labute approximate surface area is 148 Å². The zero-order valence-corrected chi connectivity index (χ0v) is 14.3. The minimum Gasteiger partial charge on any atom is -0.376 e. The second-order valence-electron chi connectivity index (χ2n) is 5.69. The van der Waals surface area contributed by atoms with Crippen LogP contribution >= 0.6 is 0 Å². The maximum atomic E-state index is 12.5. The van der Waals surface area contributed by atoms with Crippen LogP contribution in [0.2, 0.25) is 0 Å². The van der Waals surface area contributed by atoms with Gasteiger partial charge in [-0.3, -0.25) is 0 Å². The number of benzene rings is 1. The first-order chi connectivity index (χ1) is 12.1. The van der Waals surface area contributed by atoms with Crippen LogP contribution in [0.3, 0.4) is 0 Å². The summed E-state index contributed by atoms with van der Waals surface area (Å²) >= 11 is 0. The Balaban J connectivity index is 2.08. The average Bonchev–Trinajstić information content (AvgIpc) is 3.08. The highest BCUT2D eigenvalue weighted by Crippen LogP contribution is 2.56. The summed E-state index contributed by atoms with van der Waals surface area (Å²) in [5, 5.41) is 0. The van der Waals surface area contributed by atoms with Gasteiger partial charge in [-0.05, 0) is 18.6 Å². The Kier molecular flexibility index (Phi) is 4.23. The van der Waals surface area contributed by atoms with Crippen LogP contribution in [-0.2, 0) is 20.2 Å². The van der Waals surface area contributed by atoms with E-state index in [1.54, 1.807) is 0 Å². The number of rotatable bonds is 4. The van der Waals surface area contributed by atoms with Crippen molar-refractivity contribution in [2.75, 3.05) is 0 Å². The standard InChI is InChI=1S/C13H8F6O6S2/c14-12(15,16)26(20,21)24-8-3-4-9(25-27(22,23)13(17,18)19)11-7-2-1-6(5-7)10(8)11/h1-4,6-7H,5H2. The van der Waals surface area contributed by atoms with Gasteiger partial charge >= 0.3 is 31.3 Å². The Morgan fingerprint density at radius 3 is 1.37 bits per heavy atom. The van der Waals surface area contributed by atoms with Gasteiger partial charge in [0.1, 0.15) is 11.5 Å². The van der Waals surface area contributed by atoms with E-state index in [0.29, 0.717) is 12.1 Å². The van der Waals surface area contributed by atoms with Crippen LogP contribution in [0, 0.1) is 0 Å². The lowest BCUT2D eigenvalue weighted by Gasteiger charge is -2.20. The van der Waals surface area contributed by atoms with Gasteiger partial charge in [-0.15, -0.1) is 0 Å². The summed E-state index contributed by atoms with van der Waals surface area (Å²) in [5.74, 6) is -2.81. The van der Waals surface area contributed by atoms with Crippen molar-refractivity contribution in [2.24, 2.45) is 0 Å². The fraction of sp³-hybridized carbons (Fsp3) is 0.385. The van der Waals surface area contributed by atoms with Gasteiger partial charge in [0.05, 0.1) is 0 Å². The predicted octanol–water partition coefficient (Wildman–Crippen LogP) is 3.28. The fourth-order valence-corrected chi connectivity index (χ4v) is 3.92. The van der Waals surface area contributed by atoms with E-state index in [0.717, 1.165) is 0 Å². The summed E-state index contributed by atoms with van der Waals surface area (Å²) < 4.78 is 128. The van der Waals surface area contributed by atoms with Crippen LogP contribution in [-0.4, -0.2) is 27.9 Å². The van der Waals surface area contributed by atoms with Crippen LogP contribution in [0.25, 0.3) is 0 Å². The van der Waals surface area contributed by atoms with Crippen LogP contribution in [0.5, 0.6) is 11.5 Å². The topological polar surface area (TPSA) is 86.7 Å². The maximum Gasteiger partial charge on any atom is 0.534 e. The molecule has 1 aromatic rings. The quantitative estimate of drug-likeness (QED) is 0.310. The molecule has 0 saturated carbocycles. The monoisotopic (exact) mass is 438 g/mol. The lowest BCUT2D eigenvalue weighted by molar-refractivity contribution is -0.0506. The zero-order valence-electron chi connectivity index (χ0n) is 12.7. The molecule has 0 fully saturated rings. The number of alkyl halides is 6. The molecule has 150 valence electrons. The molecular formula is C13H8F6O6S2. The van der Waals surface area contributed by atoms with Crippen molar-refractivity contribution in [3.05, 3.63) is 35.4 Å². The smallest absolute Gasteiger partial charge is 0.376 e. The van der Waals surface area contributed by atoms with E-state index in [1.165, 1.54) is 12.2 Å². The Bertz CT molecular complexity index is 942. The van der Waals surface area contributed by atoms with Gasteiger partial charge in [0.25, 0.3) is 0 Å². The summed E-state index contributed by atoms with van der Waals surface area (Å²) in [7, 11) is -12.0. The molecule has 2 unspecified atom stereocenters. The molecule has 0 spiro atoms. The van der Waals surface area contributed by atoms with Gasteiger partial charge < -0.3 is 8.37 Å². The second-order valence-corrected chi connectivity index (χ2v) is 8.76. The molecule has 0 amide bonds. The van der Waals surface area contributed by atoms with Crippen LogP contribution < -0.4 is 8.37 Å². The Morgan fingerprint density at radius 1 is 0.741 bits per heavy atom. The maximum absolute atomic E-state index is 12.5. The highest BCUT2D eigenvalue weighted by molar-refractivity contribution is 7.88. The van der Waals surface area contributed by atoms with Crippen LogP contribution in [0.1, 0.15) is 29.4 Å². The lowest BCUT2D eigenvalue weighted by Crippen LogP contribution is -2.29. The SMILES string of the molecule is O=S(=O)(Oc1ccc(OS(=O)(=O)C(F)(F)F)c2c1C1C=CC2C1)C(F)(F)F. The third-order valence-electron chi connectivity index (χ3n) is 4.00. The van der Waals surface area contributed by atoms with E-state index in [4.69, 9.17) is 0 Å². The van der Waals surface area contributed by atoms with Gasteiger partial charge in [0.2, 0.25) is 0 Å². The lowest BCUT2D eigenvalue weighted by atomic mass is 9.95. The number of hydrogen-bond donors (Lipinski definition) is 0. The molecule has 6 nitrogen and oxygen atoms in total. The van der Waals surface area contributed by atoms with Crippen LogP contribution in [0.15, 0.2) is 24.3 Å². The first kappa shape index (κ1) is 19.8. The Hall–Kier alpha value is -1.96. The first-order valence-corrected chi connectivity index (χ1v) is 9.82. The first-order valence-electron chi connectivity index (χ1n) is 7.00. The van der Waals surface area contributed by atoms with Crippen molar-refractivity contribution < 1.29 is 51.5 Å². The number of halogens is 6. The van der Waals surface area contributed by atoms with Gasteiger partial charge in [-0.1, -0.05) is 12.2 Å². The van der Waals surface area contributed by atoms with E-state index in [-0.39, 0.29) is 17.5 Å². The normalized spacial score (nSPS) is 22.0. The minimum atomic E-state index is -6.02. The van der Waals surface area contributed by atoms with Gasteiger partial charge in [-0.25, -0.2) is 0 Å². The van der Waals surface area contributed by atoms with Crippen molar-refractivity contribution in [1.82, 2.24) is 0 Å². The molecule has 27 heavy (non-hydrogen) atoms. The van der Waals surface area contributed by atoms with Crippen molar-refractivity contribution in [3.8, 4) is 11.5 Å². The molecule has 2 aliphatic carbocycles. The summed E-state index contributed by atoms with van der Waals surface area (Å²) in [6.07, 6.45) is 3.20. The third kappa shape index (κ3) is 3.24. The summed E-state index contributed by atoms with van der Waals surface area (Å²) in [6.45, 7) is 0. The number of allylic oxidation sites excluding steroid dienone is 2.